The van der Waals surface area contributed by atoms with Crippen LogP contribution in [-0.2, 0) is 20.7 Å². The van der Waals surface area contributed by atoms with Crippen molar-refractivity contribution in [3.8, 4) is 0 Å². The first-order valence-corrected chi connectivity index (χ1v) is 8.91. The van der Waals surface area contributed by atoms with E-state index in [4.69, 9.17) is 4.74 Å². The van der Waals surface area contributed by atoms with Gasteiger partial charge >= 0.3 is 5.97 Å². The Morgan fingerprint density at radius 3 is 2.79 bits per heavy atom. The van der Waals surface area contributed by atoms with Gasteiger partial charge in [-0.15, -0.1) is 0 Å². The van der Waals surface area contributed by atoms with Crippen molar-refractivity contribution in [1.82, 2.24) is 4.90 Å². The molecular formula is C19H23NO4. The normalized spacial score (nSPS) is 32.1. The number of aliphatic carboxylic acids is 1. The number of likely N-dealkylation sites (tertiary alicyclic amines) is 1. The zero-order valence-corrected chi connectivity index (χ0v) is 13.7. The summed E-state index contributed by atoms with van der Waals surface area (Å²) in [5, 5.41) is 9.64. The maximum Gasteiger partial charge on any atom is 0.326 e. The summed E-state index contributed by atoms with van der Waals surface area (Å²) in [5.74, 6) is -0.728. The van der Waals surface area contributed by atoms with Crippen LogP contribution in [0.15, 0.2) is 24.3 Å². The van der Waals surface area contributed by atoms with Crippen LogP contribution in [0, 0.1) is 5.92 Å². The second-order valence-electron chi connectivity index (χ2n) is 7.15. The van der Waals surface area contributed by atoms with Gasteiger partial charge in [0, 0.05) is 6.04 Å². The number of nitrogens with zero attached hydrogens (tertiary/aromatic N) is 1. The number of hydrogen-bond acceptors (Lipinski definition) is 3. The van der Waals surface area contributed by atoms with Crippen LogP contribution >= 0.6 is 0 Å². The highest BCUT2D eigenvalue weighted by Crippen LogP contribution is 2.42. The van der Waals surface area contributed by atoms with E-state index in [0.29, 0.717) is 18.9 Å². The minimum atomic E-state index is -0.887. The topological polar surface area (TPSA) is 66.8 Å². The molecule has 1 aromatic rings. The average Bonchev–Trinajstić information content (AvgIpc) is 3.00. The predicted molar refractivity (Wildman–Crippen MR) is 87.5 cm³/mol. The van der Waals surface area contributed by atoms with Crippen molar-refractivity contribution in [1.29, 1.82) is 0 Å². The van der Waals surface area contributed by atoms with Gasteiger partial charge in [0.05, 0.1) is 6.61 Å². The Hall–Kier alpha value is -1.88. The molecule has 1 aromatic carbocycles. The molecule has 2 heterocycles. The van der Waals surface area contributed by atoms with E-state index in [2.05, 4.69) is 0 Å². The largest absolute Gasteiger partial charge is 0.480 e. The van der Waals surface area contributed by atoms with Gasteiger partial charge in [-0.05, 0) is 42.7 Å². The zero-order chi connectivity index (χ0) is 16.7. The van der Waals surface area contributed by atoms with E-state index in [9.17, 15) is 14.7 Å². The van der Waals surface area contributed by atoms with Gasteiger partial charge in [0.15, 0.2) is 6.10 Å². The molecule has 1 saturated carbocycles. The number of fused-ring (bicyclic) bond motifs is 2. The number of benzene rings is 1. The first-order chi connectivity index (χ1) is 11.7. The molecule has 0 aromatic heterocycles. The van der Waals surface area contributed by atoms with E-state index in [1.807, 2.05) is 24.3 Å². The number of carbonyl (C=O) groups is 2. The molecule has 4 unspecified atom stereocenters. The smallest absolute Gasteiger partial charge is 0.326 e. The lowest BCUT2D eigenvalue weighted by molar-refractivity contribution is -0.157. The van der Waals surface area contributed by atoms with Gasteiger partial charge < -0.3 is 14.7 Å². The van der Waals surface area contributed by atoms with Crippen LogP contribution in [-0.4, -0.2) is 40.6 Å². The monoisotopic (exact) mass is 329 g/mol. The van der Waals surface area contributed by atoms with Gasteiger partial charge in [-0.2, -0.15) is 0 Å². The minimum absolute atomic E-state index is 0.0602. The second kappa shape index (κ2) is 6.20. The summed E-state index contributed by atoms with van der Waals surface area (Å²) < 4.78 is 5.80. The van der Waals surface area contributed by atoms with Crippen molar-refractivity contribution >= 4 is 11.9 Å². The van der Waals surface area contributed by atoms with Crippen LogP contribution in [0.5, 0.6) is 0 Å². The molecule has 3 aliphatic rings. The Balaban J connectivity index is 1.66. The number of hydrogen-bond donors (Lipinski definition) is 1. The highest BCUT2D eigenvalue weighted by atomic mass is 16.5. The third kappa shape index (κ3) is 2.51. The average molecular weight is 329 g/mol. The molecule has 4 rings (SSSR count). The molecule has 0 bridgehead atoms. The highest BCUT2D eigenvalue weighted by molar-refractivity contribution is 5.88. The minimum Gasteiger partial charge on any atom is -0.480 e. The number of carboxylic acids is 1. The number of carbonyl (C=O) groups excluding carboxylic acids is 1. The maximum absolute atomic E-state index is 13.3. The van der Waals surface area contributed by atoms with Crippen LogP contribution in [0.3, 0.4) is 0 Å². The van der Waals surface area contributed by atoms with E-state index in [0.717, 1.165) is 43.2 Å². The second-order valence-corrected chi connectivity index (χ2v) is 7.15. The number of ether oxygens (including phenoxy) is 1. The predicted octanol–water partition coefficient (Wildman–Crippen LogP) is 2.54. The quantitative estimate of drug-likeness (QED) is 0.905. The van der Waals surface area contributed by atoms with Crippen LogP contribution in [0.25, 0.3) is 0 Å². The summed E-state index contributed by atoms with van der Waals surface area (Å²) >= 11 is 0. The fourth-order valence-corrected chi connectivity index (χ4v) is 4.73. The Kier molecular flexibility index (Phi) is 4.04. The molecule has 24 heavy (non-hydrogen) atoms. The van der Waals surface area contributed by atoms with Gasteiger partial charge in [-0.3, -0.25) is 4.79 Å². The van der Waals surface area contributed by atoms with Gasteiger partial charge in [-0.1, -0.05) is 37.1 Å². The van der Waals surface area contributed by atoms with Gasteiger partial charge in [-0.25, -0.2) is 4.79 Å². The van der Waals surface area contributed by atoms with Crippen LogP contribution in [0.4, 0.5) is 0 Å². The Morgan fingerprint density at radius 1 is 1.17 bits per heavy atom. The fraction of sp³-hybridized carbons (Fsp3) is 0.579. The summed E-state index contributed by atoms with van der Waals surface area (Å²) in [6, 6.07) is 7.20. The molecule has 2 aliphatic heterocycles. The highest BCUT2D eigenvalue weighted by Gasteiger charge is 2.49. The van der Waals surface area contributed by atoms with Gasteiger partial charge in [0.25, 0.3) is 5.91 Å². The molecule has 128 valence electrons. The van der Waals surface area contributed by atoms with Crippen molar-refractivity contribution in [3.05, 3.63) is 35.4 Å². The van der Waals surface area contributed by atoms with Gasteiger partial charge in [0.1, 0.15) is 6.04 Å². The van der Waals surface area contributed by atoms with Crippen molar-refractivity contribution in [2.75, 3.05) is 6.61 Å². The Labute approximate surface area is 141 Å². The number of carboxylic acid groups (broad SMARTS) is 1. The third-order valence-corrected chi connectivity index (χ3v) is 5.85. The molecule has 1 amide bonds. The number of rotatable bonds is 2. The lowest BCUT2D eigenvalue weighted by Gasteiger charge is -2.36. The molecule has 2 fully saturated rings. The van der Waals surface area contributed by atoms with Crippen LogP contribution in [0.2, 0.25) is 0 Å². The maximum atomic E-state index is 13.3. The molecule has 5 nitrogen and oxygen atoms in total. The lowest BCUT2D eigenvalue weighted by atomic mass is 9.84. The number of amides is 1. The van der Waals surface area contributed by atoms with E-state index in [1.54, 1.807) is 4.90 Å². The standard InChI is InChI=1S/C19H23NO4/c21-18(17-14-7-3-1-5-12(14)9-10-24-17)20-15-8-4-2-6-13(15)11-16(20)19(22)23/h1,3,5,7,13,15-17H,2,4,6,8-11H2,(H,22,23). The van der Waals surface area contributed by atoms with Crippen molar-refractivity contribution in [3.63, 3.8) is 0 Å². The van der Waals surface area contributed by atoms with E-state index >= 15 is 0 Å². The molecule has 0 spiro atoms. The van der Waals surface area contributed by atoms with Crippen LogP contribution < -0.4 is 0 Å². The summed E-state index contributed by atoms with van der Waals surface area (Å²) in [6.07, 6.45) is 4.87. The summed E-state index contributed by atoms with van der Waals surface area (Å²) in [6.45, 7) is 0.507. The van der Waals surface area contributed by atoms with Crippen molar-refractivity contribution in [2.45, 2.75) is 56.7 Å². The molecular weight excluding hydrogens is 306 g/mol. The first kappa shape index (κ1) is 15.6. The third-order valence-electron chi connectivity index (χ3n) is 5.85. The van der Waals surface area contributed by atoms with Crippen LogP contribution in [0.1, 0.15) is 49.3 Å². The lowest BCUT2D eigenvalue weighted by Crippen LogP contribution is -2.49. The van der Waals surface area contributed by atoms with Crippen molar-refractivity contribution < 1.29 is 19.4 Å². The molecule has 1 N–H and O–H groups in total. The molecule has 1 saturated heterocycles. The summed E-state index contributed by atoms with van der Waals surface area (Å²) in [5.41, 5.74) is 2.03. The summed E-state index contributed by atoms with van der Waals surface area (Å²) in [7, 11) is 0. The Morgan fingerprint density at radius 2 is 1.96 bits per heavy atom. The molecule has 4 atom stereocenters. The van der Waals surface area contributed by atoms with Crippen molar-refractivity contribution in [2.24, 2.45) is 5.92 Å². The molecule has 5 heteroatoms. The zero-order valence-electron chi connectivity index (χ0n) is 13.7. The van der Waals surface area contributed by atoms with E-state index in [-0.39, 0.29) is 11.9 Å². The Bertz CT molecular complexity index is 659. The SMILES string of the molecule is O=C(O)C1CC2CCCCC2N1C(=O)C1OCCc2ccccc21. The van der Waals surface area contributed by atoms with Gasteiger partial charge in [0.2, 0.25) is 0 Å². The van der Waals surface area contributed by atoms with E-state index in [1.165, 1.54) is 0 Å². The first-order valence-electron chi connectivity index (χ1n) is 8.91. The molecule has 0 radical (unpaired) electrons. The fourth-order valence-electron chi connectivity index (χ4n) is 4.73. The summed E-state index contributed by atoms with van der Waals surface area (Å²) in [4.78, 5) is 26.7. The molecule has 1 aliphatic carbocycles. The van der Waals surface area contributed by atoms with E-state index < -0.39 is 18.1 Å².